The summed E-state index contributed by atoms with van der Waals surface area (Å²) in [7, 11) is -4.00. The molecule has 1 N–H and O–H groups in total. The summed E-state index contributed by atoms with van der Waals surface area (Å²) in [6, 6.07) is 23.0. The van der Waals surface area contributed by atoms with E-state index >= 15 is 0 Å². The lowest BCUT2D eigenvalue weighted by molar-refractivity contribution is 0.603. The predicted molar refractivity (Wildman–Crippen MR) is 129 cm³/mol. The monoisotopic (exact) mass is 468 g/mol. The van der Waals surface area contributed by atoms with E-state index in [-0.39, 0.29) is 14.8 Å². The largest absolute Gasteiger partial charge is 0.348 e. The number of nitriles is 1. The average Bonchev–Trinajstić information content (AvgIpc) is 2.76. The Hall–Kier alpha value is -2.72. The lowest BCUT2D eigenvalue weighted by atomic mass is 10.1. The van der Waals surface area contributed by atoms with E-state index in [9.17, 15) is 13.7 Å². The third-order valence-electron chi connectivity index (χ3n) is 4.76. The van der Waals surface area contributed by atoms with E-state index in [1.165, 1.54) is 23.9 Å². The van der Waals surface area contributed by atoms with E-state index in [2.05, 4.69) is 5.32 Å². The fraction of sp³-hybridized carbons (Fsp3) is 0.125. The van der Waals surface area contributed by atoms with Gasteiger partial charge >= 0.3 is 0 Å². The number of sulfone groups is 1. The molecule has 0 atom stereocenters. The van der Waals surface area contributed by atoms with Gasteiger partial charge in [-0.15, -0.1) is 11.8 Å². The summed E-state index contributed by atoms with van der Waals surface area (Å²) in [4.78, 5) is -0.234. The molecule has 0 aliphatic heterocycles. The van der Waals surface area contributed by atoms with Gasteiger partial charge < -0.3 is 5.32 Å². The smallest absolute Gasteiger partial charge is 0.219 e. The number of thioether (sulfide) groups is 1. The maximum absolute atomic E-state index is 13.3. The standard InChI is InChI=1S/C24H21ClN2O2S2/c1-17-8-6-13-22(18(17)2)27-24(30-16-19-9-7-10-20(25)14-19)23(15-26)31(28,29)21-11-4-3-5-12-21/h3-14,27H,16H2,1-2H3/b24-23+. The zero-order chi connectivity index (χ0) is 22.4. The molecular weight excluding hydrogens is 448 g/mol. The Morgan fingerprint density at radius 1 is 1.03 bits per heavy atom. The molecule has 3 aromatic carbocycles. The highest BCUT2D eigenvalue weighted by Gasteiger charge is 2.25. The molecule has 0 saturated carbocycles. The highest BCUT2D eigenvalue weighted by atomic mass is 35.5. The van der Waals surface area contributed by atoms with Crippen molar-refractivity contribution in [3.63, 3.8) is 0 Å². The van der Waals surface area contributed by atoms with Gasteiger partial charge in [-0.3, -0.25) is 0 Å². The number of rotatable bonds is 7. The molecule has 0 radical (unpaired) electrons. The van der Waals surface area contributed by atoms with E-state index in [1.54, 1.807) is 24.3 Å². The van der Waals surface area contributed by atoms with Gasteiger partial charge in [0.25, 0.3) is 0 Å². The van der Waals surface area contributed by atoms with Crippen molar-refractivity contribution < 1.29 is 8.42 Å². The van der Waals surface area contributed by atoms with Crippen LogP contribution in [0.3, 0.4) is 0 Å². The lowest BCUT2D eigenvalue weighted by Gasteiger charge is -2.16. The van der Waals surface area contributed by atoms with Gasteiger partial charge in [0.1, 0.15) is 11.1 Å². The van der Waals surface area contributed by atoms with Crippen molar-refractivity contribution in [1.29, 1.82) is 5.26 Å². The Bertz CT molecular complexity index is 1260. The van der Waals surface area contributed by atoms with Crippen molar-refractivity contribution in [2.75, 3.05) is 5.32 Å². The zero-order valence-corrected chi connectivity index (χ0v) is 19.5. The van der Waals surface area contributed by atoms with Gasteiger partial charge in [0.2, 0.25) is 9.84 Å². The van der Waals surface area contributed by atoms with Crippen molar-refractivity contribution in [1.82, 2.24) is 0 Å². The van der Waals surface area contributed by atoms with Crippen LogP contribution in [-0.2, 0) is 15.6 Å². The maximum atomic E-state index is 13.3. The number of allylic oxidation sites excluding steroid dienone is 1. The molecule has 0 aromatic heterocycles. The van der Waals surface area contributed by atoms with Crippen LogP contribution in [0, 0.1) is 25.2 Å². The van der Waals surface area contributed by atoms with Crippen LogP contribution in [0.25, 0.3) is 0 Å². The summed E-state index contributed by atoms with van der Waals surface area (Å²) in [6.45, 7) is 3.93. The number of hydrogen-bond donors (Lipinski definition) is 1. The molecule has 0 aliphatic carbocycles. The minimum absolute atomic E-state index is 0.0789. The number of nitrogens with zero attached hydrogens (tertiary/aromatic N) is 1. The van der Waals surface area contributed by atoms with E-state index in [0.29, 0.717) is 10.8 Å². The maximum Gasteiger partial charge on any atom is 0.219 e. The average molecular weight is 469 g/mol. The molecule has 0 spiro atoms. The normalized spacial score (nSPS) is 12.1. The van der Waals surface area contributed by atoms with Crippen LogP contribution in [0.5, 0.6) is 0 Å². The van der Waals surface area contributed by atoms with Crippen molar-refractivity contribution >= 4 is 38.9 Å². The summed E-state index contributed by atoms with van der Waals surface area (Å²) in [5.41, 5.74) is 3.73. The molecule has 0 aliphatic rings. The first-order valence-corrected chi connectivity index (χ1v) is 12.3. The quantitative estimate of drug-likeness (QED) is 0.402. The Labute approximate surface area is 192 Å². The van der Waals surface area contributed by atoms with E-state index in [4.69, 9.17) is 11.6 Å². The second-order valence-electron chi connectivity index (χ2n) is 6.88. The molecule has 31 heavy (non-hydrogen) atoms. The third-order valence-corrected chi connectivity index (χ3v) is 7.92. The second-order valence-corrected chi connectivity index (χ2v) is 10.2. The highest BCUT2D eigenvalue weighted by Crippen LogP contribution is 2.33. The number of nitrogens with one attached hydrogen (secondary N) is 1. The molecule has 4 nitrogen and oxygen atoms in total. The van der Waals surface area contributed by atoms with Crippen molar-refractivity contribution in [2.24, 2.45) is 0 Å². The lowest BCUT2D eigenvalue weighted by Crippen LogP contribution is -2.11. The van der Waals surface area contributed by atoms with Crippen LogP contribution >= 0.6 is 23.4 Å². The first-order chi connectivity index (χ1) is 14.8. The molecule has 0 heterocycles. The Morgan fingerprint density at radius 3 is 2.42 bits per heavy atom. The highest BCUT2D eigenvalue weighted by molar-refractivity contribution is 8.04. The van der Waals surface area contributed by atoms with Crippen LogP contribution in [-0.4, -0.2) is 8.42 Å². The molecule has 0 amide bonds. The Kier molecular flexibility index (Phi) is 7.45. The molecule has 3 rings (SSSR count). The van der Waals surface area contributed by atoms with Crippen molar-refractivity contribution in [3.8, 4) is 6.07 Å². The van der Waals surface area contributed by atoms with Crippen LogP contribution in [0.2, 0.25) is 5.02 Å². The van der Waals surface area contributed by atoms with E-state index < -0.39 is 9.84 Å². The van der Waals surface area contributed by atoms with Crippen LogP contribution in [0.15, 0.2) is 87.6 Å². The Morgan fingerprint density at radius 2 is 1.74 bits per heavy atom. The third kappa shape index (κ3) is 5.50. The zero-order valence-electron chi connectivity index (χ0n) is 17.1. The molecule has 7 heteroatoms. The second kappa shape index (κ2) is 10.1. The molecular formula is C24H21ClN2O2S2. The summed E-state index contributed by atoms with van der Waals surface area (Å²) in [5.74, 6) is 0.448. The molecule has 3 aromatic rings. The van der Waals surface area contributed by atoms with Gasteiger partial charge in [-0.1, -0.05) is 54.1 Å². The number of aryl methyl sites for hydroxylation is 1. The number of anilines is 1. The summed E-state index contributed by atoms with van der Waals surface area (Å²) in [6.07, 6.45) is 0. The summed E-state index contributed by atoms with van der Waals surface area (Å²) >= 11 is 7.34. The summed E-state index contributed by atoms with van der Waals surface area (Å²) < 4.78 is 26.5. The van der Waals surface area contributed by atoms with Gasteiger partial charge in [-0.2, -0.15) is 5.26 Å². The SMILES string of the molecule is Cc1cccc(N/C(SCc2cccc(Cl)c2)=C(/C#N)S(=O)(=O)c2ccccc2)c1C. The van der Waals surface area contributed by atoms with Crippen molar-refractivity contribution in [3.05, 3.63) is 104 Å². The molecule has 0 saturated heterocycles. The van der Waals surface area contributed by atoms with Gasteiger partial charge in [0.05, 0.1) is 4.90 Å². The fourth-order valence-corrected chi connectivity index (χ4v) is 5.63. The van der Waals surface area contributed by atoms with Gasteiger partial charge in [-0.25, -0.2) is 8.42 Å². The fourth-order valence-electron chi connectivity index (χ4n) is 2.90. The van der Waals surface area contributed by atoms with E-state index in [0.717, 1.165) is 22.4 Å². The van der Waals surface area contributed by atoms with Crippen LogP contribution in [0.1, 0.15) is 16.7 Å². The van der Waals surface area contributed by atoms with Gasteiger partial charge in [0, 0.05) is 16.5 Å². The number of benzene rings is 3. The first kappa shape index (κ1) is 23.0. The van der Waals surface area contributed by atoms with E-state index in [1.807, 2.05) is 56.3 Å². The predicted octanol–water partition coefficient (Wildman–Crippen LogP) is 6.47. The molecule has 0 unspecified atom stereocenters. The van der Waals surface area contributed by atoms with Gasteiger partial charge in [0.15, 0.2) is 4.91 Å². The Balaban J connectivity index is 2.08. The number of hydrogen-bond acceptors (Lipinski definition) is 5. The first-order valence-electron chi connectivity index (χ1n) is 9.48. The molecule has 0 fully saturated rings. The minimum atomic E-state index is -4.00. The van der Waals surface area contributed by atoms with Crippen LogP contribution in [0.4, 0.5) is 5.69 Å². The topological polar surface area (TPSA) is 70.0 Å². The van der Waals surface area contributed by atoms with Crippen LogP contribution < -0.4 is 5.32 Å². The molecule has 158 valence electrons. The van der Waals surface area contributed by atoms with Gasteiger partial charge in [-0.05, 0) is 60.9 Å². The number of halogens is 1. The minimum Gasteiger partial charge on any atom is -0.348 e. The summed E-state index contributed by atoms with van der Waals surface area (Å²) in [5, 5.41) is 14.0. The molecule has 0 bridgehead atoms. The van der Waals surface area contributed by atoms with Crippen molar-refractivity contribution in [2.45, 2.75) is 24.5 Å².